The van der Waals surface area contributed by atoms with Gasteiger partial charge in [0, 0.05) is 30.9 Å². The third kappa shape index (κ3) is 3.84. The second-order valence-corrected chi connectivity index (χ2v) is 7.36. The van der Waals surface area contributed by atoms with Crippen molar-refractivity contribution in [3.8, 4) is 5.88 Å². The van der Waals surface area contributed by atoms with E-state index >= 15 is 0 Å². The lowest BCUT2D eigenvalue weighted by Gasteiger charge is -2.14. The molecule has 2 aliphatic rings. The molecule has 0 radical (unpaired) electrons. The van der Waals surface area contributed by atoms with E-state index in [4.69, 9.17) is 14.7 Å². The number of aromatic nitrogens is 2. The molecule has 2 heterocycles. The lowest BCUT2D eigenvalue weighted by molar-refractivity contribution is 0.303. The van der Waals surface area contributed by atoms with Crippen molar-refractivity contribution < 1.29 is 4.74 Å². The van der Waals surface area contributed by atoms with Gasteiger partial charge in [-0.2, -0.15) is 4.98 Å². The maximum Gasteiger partial charge on any atom is 0.220 e. The van der Waals surface area contributed by atoms with Crippen molar-refractivity contribution in [2.45, 2.75) is 51.9 Å². The molecule has 1 aliphatic heterocycles. The SMILES string of the molecule is Cc1ccc(C)c(CCOc2nc(C3CC3)nc3c2CCNCC3)c1. The van der Waals surface area contributed by atoms with Crippen molar-refractivity contribution >= 4 is 0 Å². The van der Waals surface area contributed by atoms with Crippen LogP contribution in [0.1, 0.15) is 52.5 Å². The summed E-state index contributed by atoms with van der Waals surface area (Å²) in [7, 11) is 0. The standard InChI is InChI=1S/C21H27N3O/c1-14-3-4-15(2)17(13-14)9-12-25-21-18-7-10-22-11-8-19(18)23-20(24-21)16-5-6-16/h3-4,13,16,22H,5-12H2,1-2H3. The first-order valence-corrected chi connectivity index (χ1v) is 9.50. The third-order valence-corrected chi connectivity index (χ3v) is 5.22. The minimum absolute atomic E-state index is 0.558. The predicted molar refractivity (Wildman–Crippen MR) is 99.4 cm³/mol. The zero-order valence-corrected chi connectivity index (χ0v) is 15.3. The molecular weight excluding hydrogens is 310 g/mol. The molecule has 0 unspecified atom stereocenters. The minimum Gasteiger partial charge on any atom is -0.477 e. The first kappa shape index (κ1) is 16.5. The Kier molecular flexibility index (Phi) is 4.71. The van der Waals surface area contributed by atoms with Crippen molar-refractivity contribution in [1.82, 2.24) is 15.3 Å². The van der Waals surface area contributed by atoms with E-state index in [1.165, 1.54) is 40.8 Å². The average molecular weight is 337 g/mol. The largest absolute Gasteiger partial charge is 0.477 e. The number of hydrogen-bond donors (Lipinski definition) is 1. The topological polar surface area (TPSA) is 47.0 Å². The Bertz CT molecular complexity index is 768. The molecule has 1 aliphatic carbocycles. The Morgan fingerprint density at radius 2 is 1.96 bits per heavy atom. The summed E-state index contributed by atoms with van der Waals surface area (Å²) in [5.74, 6) is 2.39. The van der Waals surface area contributed by atoms with Crippen LogP contribution in [0.3, 0.4) is 0 Å². The number of aryl methyl sites for hydroxylation is 2. The molecule has 1 aromatic heterocycles. The van der Waals surface area contributed by atoms with Crippen LogP contribution in [-0.2, 0) is 19.3 Å². The quantitative estimate of drug-likeness (QED) is 0.909. The van der Waals surface area contributed by atoms with Crippen LogP contribution >= 0.6 is 0 Å². The van der Waals surface area contributed by atoms with Crippen LogP contribution in [0.15, 0.2) is 18.2 Å². The third-order valence-electron chi connectivity index (χ3n) is 5.22. The van der Waals surface area contributed by atoms with Gasteiger partial charge >= 0.3 is 0 Å². The van der Waals surface area contributed by atoms with E-state index in [0.717, 1.165) is 44.1 Å². The van der Waals surface area contributed by atoms with Gasteiger partial charge < -0.3 is 10.1 Å². The molecule has 1 fully saturated rings. The van der Waals surface area contributed by atoms with Crippen LogP contribution in [0.4, 0.5) is 0 Å². The van der Waals surface area contributed by atoms with Gasteiger partial charge in [0.1, 0.15) is 5.82 Å². The highest BCUT2D eigenvalue weighted by Crippen LogP contribution is 2.39. The summed E-state index contributed by atoms with van der Waals surface area (Å²) in [5, 5.41) is 3.46. The fourth-order valence-electron chi connectivity index (χ4n) is 3.50. The number of ether oxygens (including phenoxy) is 1. The highest BCUT2D eigenvalue weighted by molar-refractivity contribution is 5.34. The average Bonchev–Trinajstić information content (AvgIpc) is 3.44. The molecule has 0 spiro atoms. The number of rotatable bonds is 5. The molecule has 2 aromatic rings. The van der Waals surface area contributed by atoms with E-state index < -0.39 is 0 Å². The zero-order chi connectivity index (χ0) is 17.2. The van der Waals surface area contributed by atoms with Gasteiger partial charge in [-0.3, -0.25) is 0 Å². The monoisotopic (exact) mass is 337 g/mol. The molecule has 0 bridgehead atoms. The Morgan fingerprint density at radius 1 is 1.12 bits per heavy atom. The van der Waals surface area contributed by atoms with E-state index in [1.807, 2.05) is 0 Å². The van der Waals surface area contributed by atoms with Crippen LogP contribution in [0.2, 0.25) is 0 Å². The molecule has 132 valence electrons. The lowest BCUT2D eigenvalue weighted by Crippen LogP contribution is -2.16. The molecule has 0 atom stereocenters. The van der Waals surface area contributed by atoms with Gasteiger partial charge in [0.2, 0.25) is 5.88 Å². The molecule has 4 nitrogen and oxygen atoms in total. The second-order valence-electron chi connectivity index (χ2n) is 7.36. The normalized spacial score (nSPS) is 17.0. The molecular formula is C21H27N3O. The molecule has 0 saturated heterocycles. The molecule has 1 aromatic carbocycles. The molecule has 1 saturated carbocycles. The fourth-order valence-corrected chi connectivity index (χ4v) is 3.50. The number of hydrogen-bond acceptors (Lipinski definition) is 4. The van der Waals surface area contributed by atoms with Crippen molar-refractivity contribution in [1.29, 1.82) is 0 Å². The Hall–Kier alpha value is -1.94. The van der Waals surface area contributed by atoms with Crippen LogP contribution < -0.4 is 10.1 Å². The summed E-state index contributed by atoms with van der Waals surface area (Å²) in [6.07, 6.45) is 5.30. The van der Waals surface area contributed by atoms with Gasteiger partial charge in [-0.25, -0.2) is 4.98 Å². The van der Waals surface area contributed by atoms with E-state index in [0.29, 0.717) is 12.5 Å². The van der Waals surface area contributed by atoms with Gasteiger partial charge in [0.25, 0.3) is 0 Å². The summed E-state index contributed by atoms with van der Waals surface area (Å²) >= 11 is 0. The Labute approximate surface area is 150 Å². The van der Waals surface area contributed by atoms with Gasteiger partial charge in [0.05, 0.1) is 12.3 Å². The maximum atomic E-state index is 6.20. The lowest BCUT2D eigenvalue weighted by atomic mass is 10.0. The van der Waals surface area contributed by atoms with Crippen molar-refractivity contribution in [2.75, 3.05) is 19.7 Å². The molecule has 4 heteroatoms. The van der Waals surface area contributed by atoms with Crippen LogP contribution in [0.25, 0.3) is 0 Å². The summed E-state index contributed by atoms with van der Waals surface area (Å²) in [4.78, 5) is 9.66. The zero-order valence-electron chi connectivity index (χ0n) is 15.3. The van der Waals surface area contributed by atoms with Crippen molar-refractivity contribution in [2.24, 2.45) is 0 Å². The van der Waals surface area contributed by atoms with Gasteiger partial charge in [-0.05, 0) is 50.8 Å². The van der Waals surface area contributed by atoms with E-state index in [-0.39, 0.29) is 0 Å². The van der Waals surface area contributed by atoms with E-state index in [9.17, 15) is 0 Å². The van der Waals surface area contributed by atoms with Gasteiger partial charge in [-0.15, -0.1) is 0 Å². The minimum atomic E-state index is 0.558. The first-order valence-electron chi connectivity index (χ1n) is 9.50. The highest BCUT2D eigenvalue weighted by atomic mass is 16.5. The second kappa shape index (κ2) is 7.12. The molecule has 1 N–H and O–H groups in total. The summed E-state index contributed by atoms with van der Waals surface area (Å²) in [6, 6.07) is 6.62. The molecule has 0 amide bonds. The summed E-state index contributed by atoms with van der Waals surface area (Å²) < 4.78 is 6.20. The smallest absolute Gasteiger partial charge is 0.220 e. The maximum absolute atomic E-state index is 6.20. The number of nitrogens with zero attached hydrogens (tertiary/aromatic N) is 2. The van der Waals surface area contributed by atoms with Crippen molar-refractivity contribution in [3.63, 3.8) is 0 Å². The number of benzene rings is 1. The summed E-state index contributed by atoms with van der Waals surface area (Å²) in [5.41, 5.74) is 6.42. The molecule has 4 rings (SSSR count). The van der Waals surface area contributed by atoms with Gasteiger partial charge in [0.15, 0.2) is 0 Å². The van der Waals surface area contributed by atoms with Crippen LogP contribution in [0, 0.1) is 13.8 Å². The first-order chi connectivity index (χ1) is 12.2. The number of fused-ring (bicyclic) bond motifs is 1. The van der Waals surface area contributed by atoms with Crippen LogP contribution in [-0.4, -0.2) is 29.7 Å². The van der Waals surface area contributed by atoms with Crippen LogP contribution in [0.5, 0.6) is 5.88 Å². The van der Waals surface area contributed by atoms with Gasteiger partial charge in [-0.1, -0.05) is 23.8 Å². The highest BCUT2D eigenvalue weighted by Gasteiger charge is 2.29. The van der Waals surface area contributed by atoms with E-state index in [1.54, 1.807) is 0 Å². The number of nitrogens with one attached hydrogen (secondary N) is 1. The predicted octanol–water partition coefficient (Wildman–Crippen LogP) is 3.28. The Morgan fingerprint density at radius 3 is 2.80 bits per heavy atom. The Balaban J connectivity index is 1.52. The molecule has 25 heavy (non-hydrogen) atoms. The summed E-state index contributed by atoms with van der Waals surface area (Å²) in [6.45, 7) is 6.96. The fraction of sp³-hybridized carbons (Fsp3) is 0.524. The van der Waals surface area contributed by atoms with Crippen molar-refractivity contribution in [3.05, 3.63) is 52.0 Å². The van der Waals surface area contributed by atoms with E-state index in [2.05, 4.69) is 37.4 Å².